The van der Waals surface area contributed by atoms with Gasteiger partial charge in [-0.15, -0.1) is 0 Å². The molecular weight excluding hydrogens is 276 g/mol. The van der Waals surface area contributed by atoms with Crippen LogP contribution in [0.15, 0.2) is 30.3 Å². The van der Waals surface area contributed by atoms with Crippen LogP contribution in [0.2, 0.25) is 0 Å². The van der Waals surface area contributed by atoms with E-state index in [1.807, 2.05) is 25.1 Å². The van der Waals surface area contributed by atoms with E-state index < -0.39 is 0 Å². The van der Waals surface area contributed by atoms with Gasteiger partial charge in [-0.05, 0) is 19.5 Å². The van der Waals surface area contributed by atoms with Gasteiger partial charge in [-0.1, -0.05) is 30.3 Å². The molecule has 0 saturated carbocycles. The summed E-state index contributed by atoms with van der Waals surface area (Å²) in [5.74, 6) is 0.219. The summed E-state index contributed by atoms with van der Waals surface area (Å²) in [6.45, 7) is 3.63. The Bertz CT molecular complexity index is 854. The molecule has 2 aromatic heterocycles. The molecule has 3 heterocycles. The predicted octanol–water partition coefficient (Wildman–Crippen LogP) is 2.40. The number of rotatable bonds is 1. The summed E-state index contributed by atoms with van der Waals surface area (Å²) in [4.78, 5) is 7.01. The largest absolute Gasteiger partial charge is 0.493 e. The molecule has 1 aromatic carbocycles. The van der Waals surface area contributed by atoms with Crippen molar-refractivity contribution in [1.29, 1.82) is 0 Å². The van der Waals surface area contributed by atoms with Crippen molar-refractivity contribution >= 4 is 5.65 Å². The molecule has 0 atom stereocenters. The lowest BCUT2D eigenvalue weighted by Gasteiger charge is -2.24. The van der Waals surface area contributed by atoms with Crippen molar-refractivity contribution in [3.05, 3.63) is 47.3 Å². The van der Waals surface area contributed by atoms with Crippen LogP contribution >= 0.6 is 0 Å². The Morgan fingerprint density at radius 2 is 1.95 bits per heavy atom. The zero-order valence-electron chi connectivity index (χ0n) is 12.7. The molecule has 1 aliphatic rings. The summed E-state index contributed by atoms with van der Waals surface area (Å²) >= 11 is 0. The number of hydrogen-bond acceptors (Lipinski definition) is 4. The maximum Gasteiger partial charge on any atom is 0.220 e. The van der Waals surface area contributed by atoms with Crippen LogP contribution in [-0.4, -0.2) is 38.2 Å². The van der Waals surface area contributed by atoms with Gasteiger partial charge in [-0.3, -0.25) is 0 Å². The predicted molar refractivity (Wildman–Crippen MR) is 84.9 cm³/mol. The van der Waals surface area contributed by atoms with Gasteiger partial charge in [-0.25, -0.2) is 4.98 Å². The fourth-order valence-corrected chi connectivity index (χ4v) is 3.18. The third-order valence-corrected chi connectivity index (χ3v) is 4.32. The number of likely N-dealkylation sites (N-methyl/N-ethyl adjacent to an activating group) is 1. The summed E-state index contributed by atoms with van der Waals surface area (Å²) in [7, 11) is 2.05. The van der Waals surface area contributed by atoms with Gasteiger partial charge in [-0.2, -0.15) is 9.61 Å². The highest BCUT2D eigenvalue weighted by atomic mass is 16.3. The maximum atomic E-state index is 10.6. The molecule has 0 saturated heterocycles. The third-order valence-electron chi connectivity index (χ3n) is 4.32. The van der Waals surface area contributed by atoms with Crippen molar-refractivity contribution in [3.8, 4) is 17.0 Å². The number of aromatic hydroxyl groups is 1. The van der Waals surface area contributed by atoms with Crippen LogP contribution in [0.5, 0.6) is 5.88 Å². The van der Waals surface area contributed by atoms with Crippen molar-refractivity contribution < 1.29 is 5.11 Å². The van der Waals surface area contributed by atoms with Gasteiger partial charge in [0.25, 0.3) is 0 Å². The number of nitrogens with zero attached hydrogens (tertiary/aromatic N) is 4. The van der Waals surface area contributed by atoms with Crippen LogP contribution in [0.3, 0.4) is 0 Å². The van der Waals surface area contributed by atoms with Crippen molar-refractivity contribution in [2.45, 2.75) is 19.9 Å². The lowest BCUT2D eigenvalue weighted by Crippen LogP contribution is -2.28. The van der Waals surface area contributed by atoms with E-state index in [2.05, 4.69) is 29.2 Å². The Hall–Kier alpha value is -2.40. The molecule has 22 heavy (non-hydrogen) atoms. The number of fused-ring (bicyclic) bond motifs is 2. The first-order chi connectivity index (χ1) is 10.6. The summed E-state index contributed by atoms with van der Waals surface area (Å²) in [5, 5.41) is 15.1. The molecule has 0 spiro atoms. The maximum absolute atomic E-state index is 10.6. The molecule has 0 unspecified atom stereocenters. The molecular formula is C17H18N4O. The first-order valence-corrected chi connectivity index (χ1v) is 7.49. The van der Waals surface area contributed by atoms with Crippen molar-refractivity contribution in [2.24, 2.45) is 0 Å². The first kappa shape index (κ1) is 13.3. The van der Waals surface area contributed by atoms with Crippen LogP contribution in [0.1, 0.15) is 17.0 Å². The quantitative estimate of drug-likeness (QED) is 0.749. The molecule has 0 radical (unpaired) electrons. The highest BCUT2D eigenvalue weighted by Crippen LogP contribution is 2.33. The molecule has 3 aromatic rings. The topological polar surface area (TPSA) is 53.7 Å². The Kier molecular flexibility index (Phi) is 2.90. The molecule has 5 heteroatoms. The van der Waals surface area contributed by atoms with Crippen molar-refractivity contribution in [3.63, 3.8) is 0 Å². The van der Waals surface area contributed by atoms with Crippen LogP contribution in [0.25, 0.3) is 16.8 Å². The van der Waals surface area contributed by atoms with Gasteiger partial charge in [0.2, 0.25) is 5.88 Å². The Morgan fingerprint density at radius 1 is 1.18 bits per heavy atom. The first-order valence-electron chi connectivity index (χ1n) is 7.49. The van der Waals surface area contributed by atoms with Crippen LogP contribution in [0, 0.1) is 6.92 Å². The van der Waals surface area contributed by atoms with Gasteiger partial charge in [0, 0.05) is 30.6 Å². The molecule has 112 valence electrons. The number of hydrogen-bond donors (Lipinski definition) is 1. The molecule has 1 N–H and O–H groups in total. The van der Waals surface area contributed by atoms with E-state index >= 15 is 0 Å². The van der Waals surface area contributed by atoms with Gasteiger partial charge in [0.05, 0.1) is 11.4 Å². The van der Waals surface area contributed by atoms with E-state index in [0.29, 0.717) is 6.54 Å². The van der Waals surface area contributed by atoms with Gasteiger partial charge in [0.15, 0.2) is 5.65 Å². The standard InChI is InChI=1S/C17H18N4O/c1-11-15(12-6-4-3-5-7-12)16-18-14-8-9-20(2)10-13(14)17(22)21(16)19-11/h3-7,22H,8-10H2,1-2H3. The minimum atomic E-state index is 0.219. The summed E-state index contributed by atoms with van der Waals surface area (Å²) in [5.41, 5.74) is 5.57. The Labute approximate surface area is 128 Å². The smallest absolute Gasteiger partial charge is 0.220 e. The number of aromatic nitrogens is 3. The van der Waals surface area contributed by atoms with E-state index in [0.717, 1.165) is 46.7 Å². The number of aryl methyl sites for hydroxylation is 1. The van der Waals surface area contributed by atoms with Gasteiger partial charge < -0.3 is 10.0 Å². The minimum Gasteiger partial charge on any atom is -0.493 e. The van der Waals surface area contributed by atoms with Crippen LogP contribution in [-0.2, 0) is 13.0 Å². The van der Waals surface area contributed by atoms with E-state index in [4.69, 9.17) is 4.98 Å². The SMILES string of the molecule is Cc1nn2c(O)c3c(nc2c1-c1ccccc1)CCN(C)C3. The fourth-order valence-electron chi connectivity index (χ4n) is 3.18. The molecule has 0 amide bonds. The molecule has 4 rings (SSSR count). The molecule has 0 aliphatic carbocycles. The van der Waals surface area contributed by atoms with E-state index in [1.54, 1.807) is 4.52 Å². The second-order valence-electron chi connectivity index (χ2n) is 5.91. The Morgan fingerprint density at radius 3 is 2.73 bits per heavy atom. The second-order valence-corrected chi connectivity index (χ2v) is 5.91. The third kappa shape index (κ3) is 1.89. The average molecular weight is 294 g/mol. The molecule has 1 aliphatic heterocycles. The van der Waals surface area contributed by atoms with Gasteiger partial charge in [0.1, 0.15) is 0 Å². The lowest BCUT2D eigenvalue weighted by molar-refractivity contribution is 0.297. The van der Waals surface area contributed by atoms with Gasteiger partial charge >= 0.3 is 0 Å². The van der Waals surface area contributed by atoms with E-state index in [-0.39, 0.29) is 5.88 Å². The summed E-state index contributed by atoms with van der Waals surface area (Å²) in [6.07, 6.45) is 0.856. The summed E-state index contributed by atoms with van der Waals surface area (Å²) < 4.78 is 1.58. The van der Waals surface area contributed by atoms with E-state index in [1.165, 1.54) is 0 Å². The highest BCUT2D eigenvalue weighted by molar-refractivity contribution is 5.80. The zero-order valence-corrected chi connectivity index (χ0v) is 12.7. The Balaban J connectivity index is 2.01. The molecule has 0 fully saturated rings. The normalized spacial score (nSPS) is 15.2. The summed E-state index contributed by atoms with van der Waals surface area (Å²) in [6, 6.07) is 10.1. The lowest BCUT2D eigenvalue weighted by atomic mass is 10.0. The monoisotopic (exact) mass is 294 g/mol. The zero-order chi connectivity index (χ0) is 15.3. The second kappa shape index (κ2) is 4.81. The fraction of sp³-hybridized carbons (Fsp3) is 0.294. The minimum absolute atomic E-state index is 0.219. The van der Waals surface area contributed by atoms with E-state index in [9.17, 15) is 5.11 Å². The van der Waals surface area contributed by atoms with Crippen molar-refractivity contribution in [2.75, 3.05) is 13.6 Å². The van der Waals surface area contributed by atoms with Crippen LogP contribution < -0.4 is 0 Å². The molecule has 5 nitrogen and oxygen atoms in total. The molecule has 0 bridgehead atoms. The average Bonchev–Trinajstić information content (AvgIpc) is 2.86. The number of benzene rings is 1. The highest BCUT2D eigenvalue weighted by Gasteiger charge is 2.24. The van der Waals surface area contributed by atoms with Crippen molar-refractivity contribution in [1.82, 2.24) is 19.5 Å². The van der Waals surface area contributed by atoms with Crippen LogP contribution in [0.4, 0.5) is 0 Å².